The minimum atomic E-state index is -0.298. The molecule has 0 aromatic heterocycles. The van der Waals surface area contributed by atoms with E-state index in [1.165, 1.54) is 0 Å². The Morgan fingerprint density at radius 2 is 2.41 bits per heavy atom. The van der Waals surface area contributed by atoms with E-state index < -0.39 is 0 Å². The molecule has 1 aliphatic heterocycles. The van der Waals surface area contributed by atoms with E-state index >= 15 is 0 Å². The molecule has 0 aliphatic carbocycles. The van der Waals surface area contributed by atoms with E-state index in [2.05, 4.69) is 4.90 Å². The third kappa shape index (κ3) is 3.53. The number of rotatable bonds is 3. The van der Waals surface area contributed by atoms with Crippen molar-refractivity contribution in [1.29, 1.82) is 0 Å². The van der Waals surface area contributed by atoms with E-state index in [4.69, 9.17) is 16.3 Å². The highest BCUT2D eigenvalue weighted by Gasteiger charge is 2.24. The van der Waals surface area contributed by atoms with Crippen molar-refractivity contribution in [2.24, 2.45) is 0 Å². The SMILES string of the molecule is CN1CCOC(C(=O)Cc2cccc(Cl)c2)C1. The second-order valence-electron chi connectivity index (χ2n) is 4.39. The molecule has 0 N–H and O–H groups in total. The zero-order valence-electron chi connectivity index (χ0n) is 9.86. The summed E-state index contributed by atoms with van der Waals surface area (Å²) in [5.74, 6) is 0.124. The van der Waals surface area contributed by atoms with Gasteiger partial charge in [0.1, 0.15) is 6.10 Å². The van der Waals surface area contributed by atoms with Crippen LogP contribution in [0.4, 0.5) is 0 Å². The van der Waals surface area contributed by atoms with Gasteiger partial charge in [0, 0.05) is 24.5 Å². The first-order chi connectivity index (χ1) is 8.15. The van der Waals surface area contributed by atoms with Crippen molar-refractivity contribution >= 4 is 17.4 Å². The van der Waals surface area contributed by atoms with Crippen LogP contribution in [-0.2, 0) is 16.0 Å². The summed E-state index contributed by atoms with van der Waals surface area (Å²) in [5, 5.41) is 0.664. The first-order valence-corrected chi connectivity index (χ1v) is 6.10. The van der Waals surface area contributed by atoms with Crippen LogP contribution in [0.2, 0.25) is 5.02 Å². The lowest BCUT2D eigenvalue weighted by atomic mass is 10.0. The Kier molecular flexibility index (Phi) is 4.15. The second kappa shape index (κ2) is 5.63. The number of Topliss-reactive ketones (excluding diaryl/α,β-unsaturated/α-hetero) is 1. The minimum Gasteiger partial charge on any atom is -0.368 e. The molecule has 3 nitrogen and oxygen atoms in total. The molecule has 1 aromatic rings. The Labute approximate surface area is 106 Å². The standard InChI is InChI=1S/C13H16ClNO2/c1-15-5-6-17-13(9-15)12(16)8-10-3-2-4-11(14)7-10/h2-4,7,13H,5-6,8-9H2,1H3. The third-order valence-electron chi connectivity index (χ3n) is 2.90. The van der Waals surface area contributed by atoms with Crippen LogP contribution in [-0.4, -0.2) is 43.5 Å². The van der Waals surface area contributed by atoms with Gasteiger partial charge in [-0.15, -0.1) is 0 Å². The summed E-state index contributed by atoms with van der Waals surface area (Å²) in [6.07, 6.45) is 0.0896. The van der Waals surface area contributed by atoms with Crippen molar-refractivity contribution in [2.75, 3.05) is 26.7 Å². The Balaban J connectivity index is 1.96. The summed E-state index contributed by atoms with van der Waals surface area (Å²) in [7, 11) is 2.00. The normalized spacial score (nSPS) is 21.4. The fourth-order valence-corrected chi connectivity index (χ4v) is 2.15. The number of ether oxygens (including phenoxy) is 1. The van der Waals surface area contributed by atoms with E-state index in [0.29, 0.717) is 24.6 Å². The maximum absolute atomic E-state index is 12.0. The zero-order chi connectivity index (χ0) is 12.3. The molecule has 1 aromatic carbocycles. The van der Waals surface area contributed by atoms with Crippen LogP contribution in [0.15, 0.2) is 24.3 Å². The predicted octanol–water partition coefficient (Wildman–Crippen LogP) is 1.78. The average Bonchev–Trinajstić information content (AvgIpc) is 2.29. The summed E-state index contributed by atoms with van der Waals surface area (Å²) in [6, 6.07) is 7.40. The van der Waals surface area contributed by atoms with Gasteiger partial charge in [-0.05, 0) is 24.7 Å². The molecular weight excluding hydrogens is 238 g/mol. The highest BCUT2D eigenvalue weighted by atomic mass is 35.5. The van der Waals surface area contributed by atoms with Crippen molar-refractivity contribution in [3.8, 4) is 0 Å². The molecule has 17 heavy (non-hydrogen) atoms. The highest BCUT2D eigenvalue weighted by Crippen LogP contribution is 2.13. The van der Waals surface area contributed by atoms with E-state index in [9.17, 15) is 4.79 Å². The number of ketones is 1. The lowest BCUT2D eigenvalue weighted by molar-refractivity contribution is -0.134. The fourth-order valence-electron chi connectivity index (χ4n) is 1.93. The summed E-state index contributed by atoms with van der Waals surface area (Å²) in [5.41, 5.74) is 0.944. The van der Waals surface area contributed by atoms with Crippen LogP contribution in [0.3, 0.4) is 0 Å². The molecule has 0 bridgehead atoms. The molecule has 1 atom stereocenters. The number of morpholine rings is 1. The Hall–Kier alpha value is -0.900. The smallest absolute Gasteiger partial charge is 0.167 e. The van der Waals surface area contributed by atoms with Crippen LogP contribution in [0.5, 0.6) is 0 Å². The average molecular weight is 254 g/mol. The van der Waals surface area contributed by atoms with E-state index in [-0.39, 0.29) is 11.9 Å². The number of hydrogen-bond acceptors (Lipinski definition) is 3. The van der Waals surface area contributed by atoms with Crippen LogP contribution in [0.25, 0.3) is 0 Å². The number of nitrogens with zero attached hydrogens (tertiary/aromatic N) is 1. The van der Waals surface area contributed by atoms with Gasteiger partial charge in [0.2, 0.25) is 0 Å². The monoisotopic (exact) mass is 253 g/mol. The van der Waals surface area contributed by atoms with Gasteiger partial charge in [-0.3, -0.25) is 4.79 Å². The van der Waals surface area contributed by atoms with Gasteiger partial charge in [0.15, 0.2) is 5.78 Å². The van der Waals surface area contributed by atoms with Gasteiger partial charge < -0.3 is 9.64 Å². The molecule has 92 valence electrons. The largest absolute Gasteiger partial charge is 0.368 e. The van der Waals surface area contributed by atoms with Crippen LogP contribution < -0.4 is 0 Å². The van der Waals surface area contributed by atoms with Crippen molar-refractivity contribution < 1.29 is 9.53 Å². The number of hydrogen-bond donors (Lipinski definition) is 0. The van der Waals surface area contributed by atoms with Crippen molar-refractivity contribution in [3.63, 3.8) is 0 Å². The molecule has 1 saturated heterocycles. The maximum Gasteiger partial charge on any atom is 0.167 e. The van der Waals surface area contributed by atoms with E-state index in [1.807, 2.05) is 25.2 Å². The quantitative estimate of drug-likeness (QED) is 0.823. The lowest BCUT2D eigenvalue weighted by Crippen LogP contribution is -2.44. The summed E-state index contributed by atoms with van der Waals surface area (Å²) in [4.78, 5) is 14.1. The third-order valence-corrected chi connectivity index (χ3v) is 3.13. The number of benzene rings is 1. The molecule has 2 rings (SSSR count). The summed E-state index contributed by atoms with van der Waals surface area (Å²) in [6.45, 7) is 2.20. The highest BCUT2D eigenvalue weighted by molar-refractivity contribution is 6.30. The molecule has 1 unspecified atom stereocenters. The number of halogens is 1. The number of carbonyl (C=O) groups excluding carboxylic acids is 1. The van der Waals surface area contributed by atoms with Crippen LogP contribution >= 0.6 is 11.6 Å². The van der Waals surface area contributed by atoms with Gasteiger partial charge in [0.05, 0.1) is 6.61 Å². The number of likely N-dealkylation sites (N-methyl/N-ethyl adjacent to an activating group) is 1. The first-order valence-electron chi connectivity index (χ1n) is 5.72. The van der Waals surface area contributed by atoms with Gasteiger partial charge in [-0.2, -0.15) is 0 Å². The Morgan fingerprint density at radius 1 is 1.59 bits per heavy atom. The lowest BCUT2D eigenvalue weighted by Gasteiger charge is -2.29. The molecule has 0 saturated carbocycles. The molecule has 0 amide bonds. The van der Waals surface area contributed by atoms with E-state index in [0.717, 1.165) is 12.1 Å². The first kappa shape index (κ1) is 12.6. The van der Waals surface area contributed by atoms with Crippen molar-refractivity contribution in [2.45, 2.75) is 12.5 Å². The molecule has 0 spiro atoms. The van der Waals surface area contributed by atoms with Gasteiger partial charge in [-0.1, -0.05) is 23.7 Å². The Morgan fingerprint density at radius 3 is 3.12 bits per heavy atom. The molecule has 1 fully saturated rings. The molecule has 1 heterocycles. The summed E-state index contributed by atoms with van der Waals surface area (Å²) < 4.78 is 5.49. The summed E-state index contributed by atoms with van der Waals surface area (Å²) >= 11 is 5.89. The topological polar surface area (TPSA) is 29.5 Å². The molecular formula is C13H16ClNO2. The van der Waals surface area contributed by atoms with E-state index in [1.54, 1.807) is 6.07 Å². The fraction of sp³-hybridized carbons (Fsp3) is 0.462. The molecule has 0 radical (unpaired) electrons. The van der Waals surface area contributed by atoms with Crippen LogP contribution in [0, 0.1) is 0 Å². The number of carbonyl (C=O) groups is 1. The predicted molar refractivity (Wildman–Crippen MR) is 67.4 cm³/mol. The van der Waals surface area contributed by atoms with Crippen LogP contribution in [0.1, 0.15) is 5.56 Å². The maximum atomic E-state index is 12.0. The zero-order valence-corrected chi connectivity index (χ0v) is 10.6. The molecule has 4 heteroatoms. The van der Waals surface area contributed by atoms with Crippen molar-refractivity contribution in [3.05, 3.63) is 34.9 Å². The second-order valence-corrected chi connectivity index (χ2v) is 4.83. The molecule has 1 aliphatic rings. The Bertz CT molecular complexity index is 408. The minimum absolute atomic E-state index is 0.124. The van der Waals surface area contributed by atoms with Gasteiger partial charge in [-0.25, -0.2) is 0 Å². The van der Waals surface area contributed by atoms with Gasteiger partial charge >= 0.3 is 0 Å². The van der Waals surface area contributed by atoms with Gasteiger partial charge in [0.25, 0.3) is 0 Å². The van der Waals surface area contributed by atoms with Crippen molar-refractivity contribution in [1.82, 2.24) is 4.90 Å².